The molecule has 1 amide bonds. The molecule has 4 nitrogen and oxygen atoms in total. The number of nitrogens with one attached hydrogen (secondary N) is 1. The first kappa shape index (κ1) is 17.0. The van der Waals surface area contributed by atoms with Gasteiger partial charge in [0.2, 0.25) is 5.91 Å². The second kappa shape index (κ2) is 7.42. The molecular formula is C20H17N3OS2. The summed E-state index contributed by atoms with van der Waals surface area (Å²) in [5.41, 5.74) is 2.53. The Morgan fingerprint density at radius 1 is 1.23 bits per heavy atom. The van der Waals surface area contributed by atoms with Crippen LogP contribution in [0.25, 0.3) is 0 Å². The molecule has 0 bridgehead atoms. The zero-order valence-corrected chi connectivity index (χ0v) is 15.6. The van der Waals surface area contributed by atoms with Crippen LogP contribution < -0.4 is 5.32 Å². The predicted molar refractivity (Wildman–Crippen MR) is 106 cm³/mol. The van der Waals surface area contributed by atoms with E-state index in [0.29, 0.717) is 17.8 Å². The number of amides is 1. The number of carbonyl (C=O) groups excluding carboxylic acids is 1. The molecule has 1 N–H and O–H groups in total. The standard InChI is InChI=1S/C20H17N3OS2/c21-12-14-3-1-4-15(11-14)22-19(24)13-23-8-6-17-16(7-10-26-17)20(23)18-5-2-9-25-18/h1-5,7,9-11,20H,6,8,13H2,(H,22,24). The lowest BCUT2D eigenvalue weighted by Gasteiger charge is -2.34. The highest BCUT2D eigenvalue weighted by Crippen LogP contribution is 2.39. The summed E-state index contributed by atoms with van der Waals surface area (Å²) in [6, 6.07) is 15.6. The van der Waals surface area contributed by atoms with Crippen LogP contribution in [0.15, 0.2) is 53.2 Å². The number of benzene rings is 1. The molecular weight excluding hydrogens is 362 g/mol. The van der Waals surface area contributed by atoms with Gasteiger partial charge in [-0.05, 0) is 53.1 Å². The van der Waals surface area contributed by atoms with Crippen molar-refractivity contribution in [2.24, 2.45) is 0 Å². The maximum atomic E-state index is 12.6. The average molecular weight is 380 g/mol. The Hall–Kier alpha value is -2.46. The van der Waals surface area contributed by atoms with Gasteiger partial charge < -0.3 is 5.32 Å². The van der Waals surface area contributed by atoms with Crippen LogP contribution in [0.2, 0.25) is 0 Å². The van der Waals surface area contributed by atoms with Crippen LogP contribution >= 0.6 is 22.7 Å². The largest absolute Gasteiger partial charge is 0.325 e. The highest BCUT2D eigenvalue weighted by atomic mass is 32.1. The number of nitriles is 1. The van der Waals surface area contributed by atoms with Gasteiger partial charge in [-0.3, -0.25) is 9.69 Å². The van der Waals surface area contributed by atoms with Crippen LogP contribution in [-0.2, 0) is 11.2 Å². The summed E-state index contributed by atoms with van der Waals surface area (Å²) in [4.78, 5) is 17.5. The molecule has 1 aliphatic heterocycles. The number of thiophene rings is 2. The first-order valence-electron chi connectivity index (χ1n) is 8.38. The number of nitrogens with zero attached hydrogens (tertiary/aromatic N) is 2. The minimum absolute atomic E-state index is 0.0553. The lowest BCUT2D eigenvalue weighted by molar-refractivity contribution is -0.117. The average Bonchev–Trinajstić information content (AvgIpc) is 3.33. The van der Waals surface area contributed by atoms with Crippen molar-refractivity contribution in [3.8, 4) is 6.07 Å². The normalized spacial score (nSPS) is 16.7. The van der Waals surface area contributed by atoms with E-state index in [0.717, 1.165) is 13.0 Å². The van der Waals surface area contributed by atoms with Gasteiger partial charge in [-0.25, -0.2) is 0 Å². The Bertz CT molecular complexity index is 956. The third-order valence-electron chi connectivity index (χ3n) is 4.50. The van der Waals surface area contributed by atoms with Gasteiger partial charge >= 0.3 is 0 Å². The van der Waals surface area contributed by atoms with Gasteiger partial charge in [0.25, 0.3) is 0 Å². The number of hydrogen-bond donors (Lipinski definition) is 1. The second-order valence-corrected chi connectivity index (χ2v) is 8.16. The van der Waals surface area contributed by atoms with Gasteiger partial charge in [-0.1, -0.05) is 12.1 Å². The molecule has 1 aliphatic rings. The lowest BCUT2D eigenvalue weighted by Crippen LogP contribution is -2.40. The molecule has 2 aromatic heterocycles. The molecule has 130 valence electrons. The van der Waals surface area contributed by atoms with E-state index < -0.39 is 0 Å². The zero-order valence-electron chi connectivity index (χ0n) is 14.0. The van der Waals surface area contributed by atoms with Crippen LogP contribution in [0.4, 0.5) is 5.69 Å². The maximum absolute atomic E-state index is 12.6. The third-order valence-corrected chi connectivity index (χ3v) is 6.42. The molecule has 0 spiro atoms. The molecule has 1 atom stereocenters. The number of anilines is 1. The SMILES string of the molecule is N#Cc1cccc(NC(=O)CN2CCc3sccc3C2c2cccs2)c1. The summed E-state index contributed by atoms with van der Waals surface area (Å²) in [6.45, 7) is 1.19. The van der Waals surface area contributed by atoms with Gasteiger partial charge in [0.15, 0.2) is 0 Å². The Balaban J connectivity index is 1.53. The van der Waals surface area contributed by atoms with Crippen molar-refractivity contribution in [2.45, 2.75) is 12.5 Å². The molecule has 1 unspecified atom stereocenters. The number of rotatable bonds is 4. The molecule has 1 aromatic carbocycles. The maximum Gasteiger partial charge on any atom is 0.238 e. The molecule has 0 saturated heterocycles. The first-order valence-corrected chi connectivity index (χ1v) is 10.1. The van der Waals surface area contributed by atoms with E-state index in [4.69, 9.17) is 5.26 Å². The van der Waals surface area contributed by atoms with Crippen LogP contribution in [0.5, 0.6) is 0 Å². The predicted octanol–water partition coefficient (Wildman–Crippen LogP) is 4.27. The molecule has 0 aliphatic carbocycles. The van der Waals surface area contributed by atoms with Crippen LogP contribution in [-0.4, -0.2) is 23.9 Å². The summed E-state index contributed by atoms with van der Waals surface area (Å²) in [6.07, 6.45) is 0.978. The molecule has 0 saturated carbocycles. The summed E-state index contributed by atoms with van der Waals surface area (Å²) >= 11 is 3.53. The topological polar surface area (TPSA) is 56.1 Å². The Morgan fingerprint density at radius 2 is 2.15 bits per heavy atom. The van der Waals surface area contributed by atoms with Crippen molar-refractivity contribution >= 4 is 34.3 Å². The number of fused-ring (bicyclic) bond motifs is 1. The highest BCUT2D eigenvalue weighted by Gasteiger charge is 2.31. The molecule has 3 aromatic rings. The summed E-state index contributed by atoms with van der Waals surface area (Å²) in [5.74, 6) is -0.0553. The first-order chi connectivity index (χ1) is 12.7. The Kier molecular flexibility index (Phi) is 4.85. The van der Waals surface area contributed by atoms with E-state index in [2.05, 4.69) is 45.2 Å². The molecule has 3 heterocycles. The summed E-state index contributed by atoms with van der Waals surface area (Å²) in [7, 11) is 0. The van der Waals surface area contributed by atoms with Crippen molar-refractivity contribution in [3.63, 3.8) is 0 Å². The smallest absolute Gasteiger partial charge is 0.238 e. The zero-order chi connectivity index (χ0) is 17.9. The fourth-order valence-corrected chi connectivity index (χ4v) is 5.15. The molecule has 4 rings (SSSR count). The Morgan fingerprint density at radius 3 is 2.96 bits per heavy atom. The highest BCUT2D eigenvalue weighted by molar-refractivity contribution is 7.10. The van der Waals surface area contributed by atoms with Crippen LogP contribution in [0, 0.1) is 11.3 Å². The second-order valence-electron chi connectivity index (χ2n) is 6.18. The van der Waals surface area contributed by atoms with Gasteiger partial charge in [0.1, 0.15) is 0 Å². The van der Waals surface area contributed by atoms with Gasteiger partial charge in [0, 0.05) is 22.0 Å². The minimum atomic E-state index is -0.0553. The van der Waals surface area contributed by atoms with Crippen LogP contribution in [0.3, 0.4) is 0 Å². The van der Waals surface area contributed by atoms with E-state index >= 15 is 0 Å². The fraction of sp³-hybridized carbons (Fsp3) is 0.200. The van der Waals surface area contributed by atoms with E-state index in [9.17, 15) is 4.79 Å². The van der Waals surface area contributed by atoms with E-state index in [1.54, 1.807) is 40.9 Å². The van der Waals surface area contributed by atoms with Crippen molar-refractivity contribution in [2.75, 3.05) is 18.4 Å². The molecule has 6 heteroatoms. The summed E-state index contributed by atoms with van der Waals surface area (Å²) in [5, 5.41) is 16.1. The van der Waals surface area contributed by atoms with E-state index in [-0.39, 0.29) is 11.9 Å². The fourth-order valence-electron chi connectivity index (χ4n) is 3.37. The minimum Gasteiger partial charge on any atom is -0.325 e. The van der Waals surface area contributed by atoms with Crippen LogP contribution in [0.1, 0.15) is 26.9 Å². The number of hydrogen-bond acceptors (Lipinski definition) is 5. The quantitative estimate of drug-likeness (QED) is 0.737. The van der Waals surface area contributed by atoms with Crippen molar-refractivity contribution in [1.29, 1.82) is 5.26 Å². The molecule has 0 fully saturated rings. The van der Waals surface area contributed by atoms with Gasteiger partial charge in [-0.2, -0.15) is 5.26 Å². The van der Waals surface area contributed by atoms with Gasteiger partial charge in [-0.15, -0.1) is 22.7 Å². The van der Waals surface area contributed by atoms with Crippen molar-refractivity contribution in [1.82, 2.24) is 4.90 Å². The molecule has 26 heavy (non-hydrogen) atoms. The third kappa shape index (κ3) is 3.42. The number of carbonyl (C=O) groups is 1. The van der Waals surface area contributed by atoms with Crippen molar-refractivity contribution < 1.29 is 4.79 Å². The van der Waals surface area contributed by atoms with Crippen molar-refractivity contribution in [3.05, 3.63) is 74.1 Å². The Labute approximate surface area is 160 Å². The van der Waals surface area contributed by atoms with Gasteiger partial charge in [0.05, 0.1) is 24.2 Å². The van der Waals surface area contributed by atoms with E-state index in [1.165, 1.54) is 15.3 Å². The monoisotopic (exact) mass is 379 g/mol. The summed E-state index contributed by atoms with van der Waals surface area (Å²) < 4.78 is 0. The van der Waals surface area contributed by atoms with E-state index in [1.807, 2.05) is 6.07 Å². The lowest BCUT2D eigenvalue weighted by atomic mass is 9.98. The molecule has 0 radical (unpaired) electrons.